The second kappa shape index (κ2) is 7.41. The number of likely N-dealkylation sites (tertiary alicyclic amines) is 1. The van der Waals surface area contributed by atoms with Gasteiger partial charge in [0.15, 0.2) is 5.76 Å². The van der Waals surface area contributed by atoms with Gasteiger partial charge in [0, 0.05) is 24.7 Å². The highest BCUT2D eigenvalue weighted by molar-refractivity contribution is 5.52. The lowest BCUT2D eigenvalue weighted by atomic mass is 10.1. The molecular formula is C19H23N9O2. The molecule has 11 nitrogen and oxygen atoms in total. The van der Waals surface area contributed by atoms with Crippen molar-refractivity contribution in [2.45, 2.75) is 39.3 Å². The summed E-state index contributed by atoms with van der Waals surface area (Å²) in [5, 5.41) is 11.7. The topological polar surface area (TPSA) is 136 Å². The van der Waals surface area contributed by atoms with Gasteiger partial charge in [0.25, 0.3) is 5.78 Å². The van der Waals surface area contributed by atoms with Gasteiger partial charge in [-0.3, -0.25) is 4.90 Å². The smallest absolute Gasteiger partial charge is 0.259 e. The summed E-state index contributed by atoms with van der Waals surface area (Å²) in [7, 11) is 0. The summed E-state index contributed by atoms with van der Waals surface area (Å²) in [4.78, 5) is 15.6. The molecule has 11 heteroatoms. The minimum Gasteiger partial charge on any atom is -0.461 e. The van der Waals surface area contributed by atoms with E-state index in [1.54, 1.807) is 18.4 Å². The number of anilines is 2. The Hall–Kier alpha value is -3.47. The Kier molecular flexibility index (Phi) is 4.58. The molecule has 4 aromatic rings. The van der Waals surface area contributed by atoms with Crippen molar-refractivity contribution in [3.8, 4) is 11.6 Å². The van der Waals surface area contributed by atoms with Crippen LogP contribution >= 0.6 is 0 Å². The van der Waals surface area contributed by atoms with E-state index in [2.05, 4.69) is 35.4 Å². The fraction of sp³-hybridized carbons (Fsp3) is 0.421. The van der Waals surface area contributed by atoms with Crippen LogP contribution in [0, 0.1) is 13.8 Å². The van der Waals surface area contributed by atoms with Gasteiger partial charge < -0.3 is 20.0 Å². The fourth-order valence-electron chi connectivity index (χ4n) is 3.87. The molecule has 0 amide bonds. The lowest BCUT2D eigenvalue weighted by Crippen LogP contribution is -2.35. The zero-order valence-electron chi connectivity index (χ0n) is 16.9. The maximum absolute atomic E-state index is 6.07. The van der Waals surface area contributed by atoms with Gasteiger partial charge in [-0.1, -0.05) is 5.16 Å². The molecule has 1 aliphatic rings. The Balaban J connectivity index is 1.30. The number of fused-ring (bicyclic) bond motifs is 1. The van der Waals surface area contributed by atoms with Gasteiger partial charge in [-0.2, -0.15) is 19.5 Å². The number of nitrogens with zero attached hydrogens (tertiary/aromatic N) is 7. The van der Waals surface area contributed by atoms with Crippen molar-refractivity contribution in [3.05, 3.63) is 35.4 Å². The average Bonchev–Trinajstić information content (AvgIpc) is 3.51. The molecule has 1 fully saturated rings. The van der Waals surface area contributed by atoms with Gasteiger partial charge >= 0.3 is 0 Å². The van der Waals surface area contributed by atoms with E-state index in [0.717, 1.165) is 42.9 Å². The number of nitrogens with two attached hydrogens (primary N) is 1. The highest BCUT2D eigenvalue weighted by Crippen LogP contribution is 2.24. The van der Waals surface area contributed by atoms with Crippen molar-refractivity contribution < 1.29 is 8.94 Å². The van der Waals surface area contributed by atoms with Crippen LogP contribution in [0.25, 0.3) is 17.4 Å². The maximum Gasteiger partial charge on any atom is 0.259 e. The van der Waals surface area contributed by atoms with Crippen molar-refractivity contribution in [1.29, 1.82) is 0 Å². The third kappa shape index (κ3) is 3.36. The SMILES string of the molecule is Cc1noc(C)c1CN1CCCC1CNc1nc(N)n2nc(-c3ccco3)nc2n1. The summed E-state index contributed by atoms with van der Waals surface area (Å²) in [6, 6.07) is 3.92. The van der Waals surface area contributed by atoms with E-state index >= 15 is 0 Å². The highest BCUT2D eigenvalue weighted by Gasteiger charge is 2.26. The van der Waals surface area contributed by atoms with Gasteiger partial charge in [0.2, 0.25) is 17.7 Å². The molecule has 30 heavy (non-hydrogen) atoms. The van der Waals surface area contributed by atoms with Crippen LogP contribution in [0.3, 0.4) is 0 Å². The van der Waals surface area contributed by atoms with Gasteiger partial charge in [-0.05, 0) is 45.4 Å². The first kappa shape index (κ1) is 18.6. The first-order chi connectivity index (χ1) is 14.6. The zero-order valence-corrected chi connectivity index (χ0v) is 16.9. The number of aromatic nitrogens is 6. The van der Waals surface area contributed by atoms with E-state index in [1.165, 1.54) is 4.52 Å². The molecule has 0 aliphatic carbocycles. The molecule has 5 rings (SSSR count). The zero-order chi connectivity index (χ0) is 20.7. The van der Waals surface area contributed by atoms with Gasteiger partial charge in [-0.25, -0.2) is 0 Å². The Morgan fingerprint density at radius 1 is 1.27 bits per heavy atom. The van der Waals surface area contributed by atoms with E-state index in [4.69, 9.17) is 14.7 Å². The van der Waals surface area contributed by atoms with E-state index in [9.17, 15) is 0 Å². The predicted octanol–water partition coefficient (Wildman–Crippen LogP) is 2.04. The molecule has 0 radical (unpaired) electrons. The number of hydrogen-bond acceptors (Lipinski definition) is 10. The summed E-state index contributed by atoms with van der Waals surface area (Å²) in [5.74, 6) is 2.87. The molecule has 4 aromatic heterocycles. The predicted molar refractivity (Wildman–Crippen MR) is 109 cm³/mol. The minimum absolute atomic E-state index is 0.215. The van der Waals surface area contributed by atoms with Crippen molar-refractivity contribution >= 4 is 17.7 Å². The normalized spacial score (nSPS) is 17.2. The molecule has 1 atom stereocenters. The summed E-state index contributed by atoms with van der Waals surface area (Å²) in [6.45, 7) is 6.51. The van der Waals surface area contributed by atoms with Crippen LogP contribution in [-0.4, -0.2) is 53.8 Å². The molecule has 3 N–H and O–H groups in total. The lowest BCUT2D eigenvalue weighted by Gasteiger charge is -2.24. The summed E-state index contributed by atoms with van der Waals surface area (Å²) in [5.41, 5.74) is 8.18. The molecule has 1 saturated heterocycles. The van der Waals surface area contributed by atoms with Crippen molar-refractivity contribution in [2.75, 3.05) is 24.1 Å². The third-order valence-corrected chi connectivity index (χ3v) is 5.51. The van der Waals surface area contributed by atoms with E-state index in [1.807, 2.05) is 13.8 Å². The van der Waals surface area contributed by atoms with Crippen LogP contribution < -0.4 is 11.1 Å². The van der Waals surface area contributed by atoms with Crippen LogP contribution in [0.15, 0.2) is 27.3 Å². The van der Waals surface area contributed by atoms with Crippen molar-refractivity contribution in [2.24, 2.45) is 0 Å². The lowest BCUT2D eigenvalue weighted by molar-refractivity contribution is 0.252. The Bertz CT molecular complexity index is 1150. The molecular weight excluding hydrogens is 386 g/mol. The van der Waals surface area contributed by atoms with Crippen LogP contribution in [-0.2, 0) is 6.54 Å². The molecule has 0 bridgehead atoms. The average molecular weight is 409 g/mol. The standard InChI is InChI=1S/C19H23N9O2/c1-11-14(12(2)30-26-11)10-27-7-3-5-13(27)9-21-18-23-17(20)28-19(24-18)22-16(25-28)15-6-4-8-29-15/h4,6,8,13H,3,5,7,9-10H2,1-2H3,(H3,20,21,22,23,24,25). The molecule has 5 heterocycles. The quantitative estimate of drug-likeness (QED) is 0.487. The molecule has 0 spiro atoms. The number of nitrogen functional groups attached to an aromatic ring is 1. The number of furan rings is 1. The fourth-order valence-corrected chi connectivity index (χ4v) is 3.87. The van der Waals surface area contributed by atoms with Crippen LogP contribution in [0.5, 0.6) is 0 Å². The van der Waals surface area contributed by atoms with Crippen molar-refractivity contribution in [3.63, 3.8) is 0 Å². The number of nitrogens with one attached hydrogen (secondary N) is 1. The third-order valence-electron chi connectivity index (χ3n) is 5.51. The Morgan fingerprint density at radius 2 is 2.17 bits per heavy atom. The molecule has 1 aliphatic heterocycles. The highest BCUT2D eigenvalue weighted by atomic mass is 16.5. The number of rotatable bonds is 6. The molecule has 156 valence electrons. The largest absolute Gasteiger partial charge is 0.461 e. The number of hydrogen-bond donors (Lipinski definition) is 2. The maximum atomic E-state index is 6.07. The minimum atomic E-state index is 0.215. The monoisotopic (exact) mass is 409 g/mol. The molecule has 0 saturated carbocycles. The van der Waals surface area contributed by atoms with Crippen LogP contribution in [0.4, 0.5) is 11.9 Å². The van der Waals surface area contributed by atoms with Gasteiger partial charge in [0.1, 0.15) is 5.76 Å². The Labute approximate surface area is 172 Å². The van der Waals surface area contributed by atoms with Crippen LogP contribution in [0.2, 0.25) is 0 Å². The van der Waals surface area contributed by atoms with E-state index in [-0.39, 0.29) is 5.95 Å². The van der Waals surface area contributed by atoms with Crippen molar-refractivity contribution in [1.82, 2.24) is 34.6 Å². The van der Waals surface area contributed by atoms with Gasteiger partial charge in [0.05, 0.1) is 12.0 Å². The molecule has 0 aromatic carbocycles. The summed E-state index contributed by atoms with van der Waals surface area (Å²) < 4.78 is 12.1. The second-order valence-corrected chi connectivity index (χ2v) is 7.48. The second-order valence-electron chi connectivity index (χ2n) is 7.48. The summed E-state index contributed by atoms with van der Waals surface area (Å²) in [6.07, 6.45) is 3.81. The van der Waals surface area contributed by atoms with Gasteiger partial charge in [-0.15, -0.1) is 5.10 Å². The first-order valence-electron chi connectivity index (χ1n) is 9.92. The van der Waals surface area contributed by atoms with E-state index < -0.39 is 0 Å². The first-order valence-corrected chi connectivity index (χ1v) is 9.92. The van der Waals surface area contributed by atoms with Crippen LogP contribution in [0.1, 0.15) is 29.9 Å². The summed E-state index contributed by atoms with van der Waals surface area (Å²) >= 11 is 0. The van der Waals surface area contributed by atoms with E-state index in [0.29, 0.717) is 35.9 Å². The Morgan fingerprint density at radius 3 is 2.93 bits per heavy atom. The number of aryl methyl sites for hydroxylation is 2. The molecule has 1 unspecified atom stereocenters.